The van der Waals surface area contributed by atoms with Crippen molar-refractivity contribution in [3.63, 3.8) is 0 Å². The van der Waals surface area contributed by atoms with E-state index in [0.29, 0.717) is 0 Å². The first-order valence-electron chi connectivity index (χ1n) is 4.12. The summed E-state index contributed by atoms with van der Waals surface area (Å²) in [5.41, 5.74) is 0. The molecule has 0 saturated heterocycles. The normalized spacial score (nSPS) is 8.62. The molecule has 0 bridgehead atoms. The van der Waals surface area contributed by atoms with Crippen LogP contribution >= 0.6 is 0 Å². The Bertz CT molecular complexity index is 471. The number of nitrogens with zero attached hydrogens (tertiary/aromatic N) is 2. The Hall–Kier alpha value is -0.210. The van der Waals surface area contributed by atoms with Gasteiger partial charge in [0.25, 0.3) is 0 Å². The summed E-state index contributed by atoms with van der Waals surface area (Å²) in [6, 6.07) is 0. The molecular formula is C8F4Hg2N2. The van der Waals surface area contributed by atoms with E-state index in [2.05, 4.69) is 0 Å². The molecule has 0 atom stereocenters. The first-order chi connectivity index (χ1) is 7.54. The second-order valence-electron chi connectivity index (χ2n) is 2.88. The molecule has 1 aromatic carbocycles. The van der Waals surface area contributed by atoms with E-state index in [1.807, 2.05) is 0 Å². The Balaban J connectivity index is 3.57. The minimum absolute atomic E-state index is 0.290. The number of hydrogen-bond acceptors (Lipinski definition) is 2. The van der Waals surface area contributed by atoms with Gasteiger partial charge in [-0.3, -0.25) is 0 Å². The molecule has 2 nitrogen and oxygen atoms in total. The van der Waals surface area contributed by atoms with Gasteiger partial charge in [-0.25, -0.2) is 0 Å². The second kappa shape index (κ2) is 5.92. The first-order valence-corrected chi connectivity index (χ1v) is 15.1. The topological polar surface area (TPSA) is 47.6 Å². The van der Waals surface area contributed by atoms with Crippen molar-refractivity contribution in [2.24, 2.45) is 0 Å². The quantitative estimate of drug-likeness (QED) is 0.216. The van der Waals surface area contributed by atoms with Crippen LogP contribution in [0.15, 0.2) is 0 Å². The Morgan fingerprint density at radius 2 is 1.00 bits per heavy atom. The maximum atomic E-state index is 13.3. The molecule has 1 aromatic rings. The molecule has 0 radical (unpaired) electrons. The number of rotatable bonds is 2. The van der Waals surface area contributed by atoms with Crippen molar-refractivity contribution in [1.29, 1.82) is 10.5 Å². The predicted octanol–water partition coefficient (Wildman–Crippen LogP) is 0.621. The zero-order valence-electron chi connectivity index (χ0n) is 7.82. The van der Waals surface area contributed by atoms with Crippen LogP contribution in [0.5, 0.6) is 0 Å². The summed E-state index contributed by atoms with van der Waals surface area (Å²) < 4.78 is 55.2. The Labute approximate surface area is 113 Å². The van der Waals surface area contributed by atoms with Crippen LogP contribution in [-0.2, 0) is 49.1 Å². The number of benzene rings is 1. The van der Waals surface area contributed by atoms with Gasteiger partial charge in [0.1, 0.15) is 0 Å². The molecule has 0 saturated carbocycles. The van der Waals surface area contributed by atoms with Crippen LogP contribution < -0.4 is 6.14 Å². The van der Waals surface area contributed by atoms with Crippen LogP contribution in [-0.4, -0.2) is 0 Å². The van der Waals surface area contributed by atoms with Crippen molar-refractivity contribution in [2.75, 3.05) is 0 Å². The zero-order valence-corrected chi connectivity index (χ0v) is 18.8. The summed E-state index contributed by atoms with van der Waals surface area (Å²) in [6.07, 6.45) is 0. The van der Waals surface area contributed by atoms with Crippen LogP contribution in [0.3, 0.4) is 0 Å². The molecular weight excluding hydrogens is 601 g/mol. The van der Waals surface area contributed by atoms with Gasteiger partial charge in [-0.1, -0.05) is 0 Å². The molecule has 0 heterocycles. The van der Waals surface area contributed by atoms with Crippen LogP contribution in [0.2, 0.25) is 0 Å². The number of hydrogen-bond donors (Lipinski definition) is 0. The van der Waals surface area contributed by atoms with Gasteiger partial charge in [0.2, 0.25) is 0 Å². The molecule has 0 amide bonds. The number of nitriles is 2. The van der Waals surface area contributed by atoms with Crippen molar-refractivity contribution in [2.45, 2.75) is 0 Å². The maximum absolute atomic E-state index is 13.3. The van der Waals surface area contributed by atoms with Gasteiger partial charge in [0.05, 0.1) is 0 Å². The number of halogens is 4. The van der Waals surface area contributed by atoms with Gasteiger partial charge in [-0.2, -0.15) is 0 Å². The Morgan fingerprint density at radius 3 is 1.25 bits per heavy atom. The Kier molecular flexibility index (Phi) is 5.13. The van der Waals surface area contributed by atoms with Crippen molar-refractivity contribution >= 4 is 6.14 Å². The van der Waals surface area contributed by atoms with E-state index in [9.17, 15) is 17.6 Å². The molecule has 74 valence electrons. The molecule has 0 fully saturated rings. The third-order valence-electron chi connectivity index (χ3n) is 1.98. The minimum atomic E-state index is -2.62. The van der Waals surface area contributed by atoms with Crippen molar-refractivity contribution in [3.05, 3.63) is 23.3 Å². The summed E-state index contributed by atoms with van der Waals surface area (Å²) in [7, 11) is 0. The van der Waals surface area contributed by atoms with Crippen LogP contribution in [0.4, 0.5) is 17.6 Å². The van der Waals surface area contributed by atoms with E-state index < -0.39 is 72.4 Å². The molecule has 0 unspecified atom stereocenters. The summed E-state index contributed by atoms with van der Waals surface area (Å²) in [5, 5.41) is 16.9. The van der Waals surface area contributed by atoms with E-state index >= 15 is 0 Å². The first kappa shape index (κ1) is 13.9. The molecule has 0 aliphatic carbocycles. The van der Waals surface area contributed by atoms with Crippen molar-refractivity contribution in [3.8, 4) is 7.16 Å². The van der Waals surface area contributed by atoms with E-state index in [1.165, 1.54) is 0 Å². The fourth-order valence-corrected chi connectivity index (χ4v) is 16.3. The average molecular weight is 601 g/mol. The van der Waals surface area contributed by atoms with E-state index in [-0.39, 0.29) is 6.14 Å². The van der Waals surface area contributed by atoms with E-state index in [4.69, 9.17) is 10.5 Å². The summed E-state index contributed by atoms with van der Waals surface area (Å²) in [4.78, 5) is 0. The average Bonchev–Trinajstić information content (AvgIpc) is 2.28. The molecule has 0 aliphatic rings. The standard InChI is InChI=1S/C6F4.2CN.2Hg/c7-3-1-2-4(8)6(10)5(3)9;2*1-2;;. The molecule has 0 aromatic heterocycles. The monoisotopic (exact) mass is 604 g/mol. The van der Waals surface area contributed by atoms with Crippen LogP contribution in [0.1, 0.15) is 0 Å². The molecule has 8 heteroatoms. The summed E-state index contributed by atoms with van der Waals surface area (Å²) in [5.74, 6) is -6.68. The third kappa shape index (κ3) is 2.54. The van der Waals surface area contributed by atoms with Gasteiger partial charge in [-0.05, 0) is 0 Å². The molecule has 16 heavy (non-hydrogen) atoms. The van der Waals surface area contributed by atoms with Crippen molar-refractivity contribution < 1.29 is 66.7 Å². The molecule has 0 spiro atoms. The summed E-state index contributed by atoms with van der Waals surface area (Å²) in [6.45, 7) is 0. The second-order valence-corrected chi connectivity index (χ2v) is 13.6. The fourth-order valence-electron chi connectivity index (χ4n) is 1.25. The fraction of sp³-hybridized carbons (Fsp3) is 0. The van der Waals surface area contributed by atoms with Crippen molar-refractivity contribution in [1.82, 2.24) is 0 Å². The summed E-state index contributed by atoms with van der Waals surface area (Å²) >= 11 is -5.23. The zero-order chi connectivity index (χ0) is 12.3. The molecule has 1 rings (SSSR count). The van der Waals surface area contributed by atoms with Crippen LogP contribution in [0, 0.1) is 40.9 Å². The Morgan fingerprint density at radius 1 is 0.688 bits per heavy atom. The van der Waals surface area contributed by atoms with Gasteiger partial charge >= 0.3 is 114 Å². The molecule has 0 aliphatic heterocycles. The SMILES string of the molecule is N#[C][Hg][c]1c(F)c(F)c(F)c(F)[c]1[Hg][C]#N. The van der Waals surface area contributed by atoms with Gasteiger partial charge in [0.15, 0.2) is 0 Å². The third-order valence-corrected chi connectivity index (χ3v) is 19.2. The van der Waals surface area contributed by atoms with Gasteiger partial charge in [0, 0.05) is 0 Å². The van der Waals surface area contributed by atoms with Crippen LogP contribution in [0.25, 0.3) is 0 Å². The van der Waals surface area contributed by atoms with E-state index in [0.717, 1.165) is 0 Å². The van der Waals surface area contributed by atoms with Gasteiger partial charge < -0.3 is 0 Å². The molecule has 0 N–H and O–H groups in total. The van der Waals surface area contributed by atoms with Gasteiger partial charge in [-0.15, -0.1) is 0 Å². The van der Waals surface area contributed by atoms with E-state index in [1.54, 1.807) is 7.16 Å². The predicted molar refractivity (Wildman–Crippen MR) is 36.8 cm³/mol.